The lowest BCUT2D eigenvalue weighted by Gasteiger charge is -2.44. The van der Waals surface area contributed by atoms with Crippen molar-refractivity contribution in [2.45, 2.75) is 9.79 Å². The Bertz CT molecular complexity index is 3090. The van der Waals surface area contributed by atoms with Crippen LogP contribution in [0.2, 0.25) is 0 Å². The first-order valence-electron chi connectivity index (χ1n) is 21.1. The second kappa shape index (κ2) is 16.2. The number of benzene rings is 9. The fourth-order valence-corrected chi connectivity index (χ4v) is 15.5. The summed E-state index contributed by atoms with van der Waals surface area (Å²) in [7, 11) is -2.72. The maximum Gasteiger partial charge on any atom is 0.184 e. The average molecular weight is 829 g/mol. The van der Waals surface area contributed by atoms with Gasteiger partial charge in [-0.05, 0) is 99.1 Å². The number of pyridine rings is 1. The number of nitrogens with zero attached hydrogens (tertiary/aromatic N) is 3. The summed E-state index contributed by atoms with van der Waals surface area (Å²) >= 11 is 1.14. The van der Waals surface area contributed by atoms with Crippen LogP contribution < -0.4 is 30.5 Å². The molecule has 1 aliphatic heterocycles. The fourth-order valence-electron chi connectivity index (χ4n) is 9.35. The van der Waals surface area contributed by atoms with Crippen molar-refractivity contribution in [3.05, 3.63) is 249 Å². The highest BCUT2D eigenvalue weighted by Gasteiger charge is 2.48. The molecule has 10 aromatic rings. The summed E-state index contributed by atoms with van der Waals surface area (Å²) < 4.78 is 0. The molecule has 1 aliphatic rings. The maximum absolute atomic E-state index is 5.50. The zero-order valence-corrected chi connectivity index (χ0v) is 35.9. The molecule has 0 aliphatic carbocycles. The summed E-state index contributed by atoms with van der Waals surface area (Å²) in [6.45, 7) is 0. The highest BCUT2D eigenvalue weighted by molar-refractivity contribution is 7.78. The molecule has 62 heavy (non-hydrogen) atoms. The van der Waals surface area contributed by atoms with E-state index in [2.05, 4.69) is 259 Å². The predicted octanol–water partition coefficient (Wildman–Crippen LogP) is 11.8. The number of hydrogen-bond donors (Lipinski definition) is 0. The summed E-state index contributed by atoms with van der Waals surface area (Å²) in [6, 6.07) is 90.4. The van der Waals surface area contributed by atoms with Gasteiger partial charge < -0.3 is 4.90 Å². The van der Waals surface area contributed by atoms with Gasteiger partial charge in [0.1, 0.15) is 11.5 Å². The van der Waals surface area contributed by atoms with E-state index in [0.717, 1.165) is 45.5 Å². The molecule has 0 bridgehead atoms. The van der Waals surface area contributed by atoms with Gasteiger partial charge in [-0.3, -0.25) is 4.90 Å². The molecule has 0 spiro atoms. The predicted molar refractivity (Wildman–Crippen MR) is 265 cm³/mol. The smallest absolute Gasteiger partial charge is 0.184 e. The average Bonchev–Trinajstić information content (AvgIpc) is 3.35. The molecule has 0 fully saturated rings. The maximum atomic E-state index is 5.50. The molecule has 294 valence electrons. The Morgan fingerprint density at radius 3 is 1.63 bits per heavy atom. The molecule has 1 aromatic heterocycles. The van der Waals surface area contributed by atoms with Gasteiger partial charge in [0, 0.05) is 39.8 Å². The van der Waals surface area contributed by atoms with E-state index in [9.17, 15) is 0 Å². The molecule has 11 rings (SSSR count). The van der Waals surface area contributed by atoms with Crippen molar-refractivity contribution in [2.24, 2.45) is 0 Å². The molecule has 9 aromatic carbocycles. The molecule has 5 heteroatoms. The van der Waals surface area contributed by atoms with Gasteiger partial charge in [-0.1, -0.05) is 176 Å². The van der Waals surface area contributed by atoms with E-state index in [4.69, 9.17) is 4.98 Å². The third-order valence-corrected chi connectivity index (χ3v) is 18.1. The van der Waals surface area contributed by atoms with Gasteiger partial charge in [0.2, 0.25) is 0 Å². The molecule has 0 N–H and O–H groups in total. The van der Waals surface area contributed by atoms with Crippen molar-refractivity contribution >= 4 is 85.7 Å². The molecule has 0 saturated heterocycles. The second-order valence-electron chi connectivity index (χ2n) is 15.6. The second-order valence-corrected chi connectivity index (χ2v) is 20.5. The third-order valence-electron chi connectivity index (χ3n) is 12.0. The zero-order valence-electron chi connectivity index (χ0n) is 34.0. The Hall–Kier alpha value is -7.44. The zero-order chi connectivity index (χ0) is 41.3. The van der Waals surface area contributed by atoms with E-state index in [1.165, 1.54) is 53.0 Å². The molecule has 0 radical (unpaired) electrons. The standard InChI is InChI=1S/C57H41N3SSi/c1-5-21-42(22-6-1)48-29-13-14-30-50(48)59(51-31-15-18-34-54(51)61-45-23-7-2-8-24-45)44-38-39-49-43(41-44)37-40-57(58-49)60-52-32-16-19-35-55(52)62(46-25-9-3-10-26-46,47-27-11-4-12-28-47)56-36-20-17-33-53(56)60/h1-41H/p+1. The summed E-state index contributed by atoms with van der Waals surface area (Å²) in [5.41, 5.74) is 8.95. The van der Waals surface area contributed by atoms with Crippen LogP contribution in [0.15, 0.2) is 259 Å². The van der Waals surface area contributed by atoms with Crippen LogP contribution in [0.3, 0.4) is 0 Å². The van der Waals surface area contributed by atoms with Crippen LogP contribution in [-0.4, -0.2) is 13.1 Å². The van der Waals surface area contributed by atoms with Crippen LogP contribution in [-0.2, 0) is 11.8 Å². The van der Waals surface area contributed by atoms with Crippen molar-refractivity contribution in [1.29, 1.82) is 0 Å². The summed E-state index contributed by atoms with van der Waals surface area (Å²) in [5.74, 6) is 0.896. The summed E-state index contributed by atoms with van der Waals surface area (Å²) in [4.78, 5) is 12.8. The number of rotatable bonds is 9. The van der Waals surface area contributed by atoms with Crippen LogP contribution in [0.25, 0.3) is 22.0 Å². The van der Waals surface area contributed by atoms with Crippen molar-refractivity contribution in [3.8, 4) is 11.1 Å². The normalized spacial score (nSPS) is 12.7. The van der Waals surface area contributed by atoms with Gasteiger partial charge in [0.05, 0.1) is 11.2 Å². The summed E-state index contributed by atoms with van der Waals surface area (Å²) in [6.07, 6.45) is 0. The van der Waals surface area contributed by atoms with Crippen LogP contribution in [0.5, 0.6) is 0 Å². The van der Waals surface area contributed by atoms with Crippen LogP contribution in [0.4, 0.5) is 34.3 Å². The first kappa shape index (κ1) is 37.5. The number of anilines is 6. The molecule has 0 saturated carbocycles. The monoisotopic (exact) mass is 828 g/mol. The topological polar surface area (TPSA) is 19.4 Å². The lowest BCUT2D eigenvalue weighted by atomic mass is 10.0. The number of fused-ring (bicyclic) bond motifs is 3. The molecular weight excluding hydrogens is 787 g/mol. The van der Waals surface area contributed by atoms with Crippen LogP contribution in [0, 0.1) is 0 Å². The van der Waals surface area contributed by atoms with Crippen molar-refractivity contribution in [3.63, 3.8) is 0 Å². The molecule has 2 heterocycles. The minimum atomic E-state index is -2.72. The van der Waals surface area contributed by atoms with Gasteiger partial charge in [0.25, 0.3) is 0 Å². The van der Waals surface area contributed by atoms with Crippen LogP contribution >= 0.6 is 0 Å². The van der Waals surface area contributed by atoms with Gasteiger partial charge >= 0.3 is 0 Å². The van der Waals surface area contributed by atoms with Crippen molar-refractivity contribution in [2.75, 3.05) is 9.80 Å². The van der Waals surface area contributed by atoms with E-state index in [-0.39, 0.29) is 0 Å². The Labute approximate surface area is 368 Å². The number of aromatic nitrogens is 1. The van der Waals surface area contributed by atoms with E-state index in [1.807, 2.05) is 0 Å². The van der Waals surface area contributed by atoms with Gasteiger partial charge in [-0.25, -0.2) is 4.98 Å². The molecule has 0 atom stereocenters. The van der Waals surface area contributed by atoms with Crippen LogP contribution in [0.1, 0.15) is 0 Å². The first-order chi connectivity index (χ1) is 30.8. The Kier molecular flexibility index (Phi) is 9.81. The highest BCUT2D eigenvalue weighted by atomic mass is 32.2. The van der Waals surface area contributed by atoms with Gasteiger partial charge in [-0.2, -0.15) is 0 Å². The molecular formula is C57H42N3SSi+. The van der Waals surface area contributed by atoms with Crippen molar-refractivity contribution in [1.82, 2.24) is 4.98 Å². The van der Waals surface area contributed by atoms with Gasteiger partial charge in [-0.15, -0.1) is 0 Å². The van der Waals surface area contributed by atoms with E-state index in [1.54, 1.807) is 0 Å². The Morgan fingerprint density at radius 2 is 0.968 bits per heavy atom. The fraction of sp³-hybridized carbons (Fsp3) is 0. The highest BCUT2D eigenvalue weighted by Crippen LogP contribution is 2.44. The van der Waals surface area contributed by atoms with Gasteiger partial charge in [0.15, 0.2) is 17.9 Å². The minimum Gasteiger partial charge on any atom is -0.305 e. The first-order valence-corrected chi connectivity index (χ1v) is 24.0. The van der Waals surface area contributed by atoms with E-state index in [0.29, 0.717) is 0 Å². The van der Waals surface area contributed by atoms with E-state index < -0.39 is 8.07 Å². The lowest BCUT2D eigenvalue weighted by Crippen LogP contribution is -2.77. The quantitative estimate of drug-likeness (QED) is 0.0821. The van der Waals surface area contributed by atoms with Crippen molar-refractivity contribution < 1.29 is 0 Å². The third kappa shape index (κ3) is 6.50. The largest absolute Gasteiger partial charge is 0.305 e. The number of thiol groups is 1. The molecule has 3 nitrogen and oxygen atoms in total. The number of para-hydroxylation sites is 4. The number of hydrogen-bond acceptors (Lipinski definition) is 3. The molecule has 0 unspecified atom stereocenters. The minimum absolute atomic E-state index is 0.896. The molecule has 0 amide bonds. The lowest BCUT2D eigenvalue weighted by molar-refractivity contribution is 1.21. The Balaban J connectivity index is 1.07. The Morgan fingerprint density at radius 1 is 0.435 bits per heavy atom. The summed E-state index contributed by atoms with van der Waals surface area (Å²) in [5, 5.41) is 6.52. The van der Waals surface area contributed by atoms with E-state index >= 15 is 0 Å². The SMILES string of the molecule is c1ccc([SH+]c2ccccc2N(c2ccc3nc(N4c5ccccc5[Si](c5ccccc5)(c5ccccc5)c5ccccc54)ccc3c2)c2ccccc2-c2ccccc2)cc1.